The first-order chi connectivity index (χ1) is 5.25. The van der Waals surface area contributed by atoms with E-state index < -0.39 is 0 Å². The predicted octanol–water partition coefficient (Wildman–Crippen LogP) is -0.106. The Bertz CT molecular complexity index is 391. The zero-order valence-electron chi connectivity index (χ0n) is 5.73. The molecule has 2 heterocycles. The number of anilines is 2. The molecule has 11 heavy (non-hydrogen) atoms. The normalized spacial score (nSPS) is 10.5. The molecule has 0 amide bonds. The average molecular weight is 149 g/mol. The fourth-order valence-electron chi connectivity index (χ4n) is 0.910. The first-order valence-corrected chi connectivity index (χ1v) is 3.12. The summed E-state index contributed by atoms with van der Waals surface area (Å²) in [7, 11) is 0. The van der Waals surface area contributed by atoms with Crippen LogP contribution in [0.3, 0.4) is 0 Å². The van der Waals surface area contributed by atoms with E-state index in [1.165, 1.54) is 0 Å². The van der Waals surface area contributed by atoms with Gasteiger partial charge >= 0.3 is 0 Å². The van der Waals surface area contributed by atoms with Gasteiger partial charge in [-0.1, -0.05) is 0 Å². The second-order valence-corrected chi connectivity index (χ2v) is 2.26. The molecule has 2 aromatic rings. The van der Waals surface area contributed by atoms with E-state index in [0.29, 0.717) is 17.2 Å². The number of nitrogen functional groups attached to an aromatic ring is 2. The van der Waals surface area contributed by atoms with Crippen molar-refractivity contribution in [2.24, 2.45) is 0 Å². The first-order valence-electron chi connectivity index (χ1n) is 3.12. The minimum atomic E-state index is 0.447. The zero-order valence-corrected chi connectivity index (χ0v) is 5.73. The number of imidazole rings is 1. The molecule has 0 saturated carbocycles. The average Bonchev–Trinajstić information content (AvgIpc) is 2.27. The molecule has 56 valence electrons. The van der Waals surface area contributed by atoms with Crippen molar-refractivity contribution >= 4 is 17.2 Å². The lowest BCUT2D eigenvalue weighted by Crippen LogP contribution is -1.92. The second kappa shape index (κ2) is 1.85. The molecule has 0 spiro atoms. The summed E-state index contributed by atoms with van der Waals surface area (Å²) >= 11 is 0. The smallest absolute Gasteiger partial charge is 0.158 e. The highest BCUT2D eigenvalue weighted by molar-refractivity contribution is 5.52. The summed E-state index contributed by atoms with van der Waals surface area (Å²) in [6.45, 7) is 0. The third-order valence-electron chi connectivity index (χ3n) is 1.36. The highest BCUT2D eigenvalue weighted by Crippen LogP contribution is 2.07. The van der Waals surface area contributed by atoms with Gasteiger partial charge in [0.05, 0.1) is 18.1 Å². The minimum Gasteiger partial charge on any atom is -0.397 e. The van der Waals surface area contributed by atoms with E-state index >= 15 is 0 Å². The number of nitrogens with zero attached hydrogens (tertiary/aromatic N) is 3. The molecule has 0 aliphatic carbocycles. The van der Waals surface area contributed by atoms with Crippen LogP contribution in [0.5, 0.6) is 0 Å². The van der Waals surface area contributed by atoms with Crippen LogP contribution in [0.2, 0.25) is 0 Å². The Morgan fingerprint density at radius 2 is 2.18 bits per heavy atom. The highest BCUT2D eigenvalue weighted by Gasteiger charge is 1.97. The lowest BCUT2D eigenvalue weighted by Gasteiger charge is -1.91. The molecule has 5 nitrogen and oxygen atoms in total. The van der Waals surface area contributed by atoms with E-state index in [1.807, 2.05) is 0 Å². The lowest BCUT2D eigenvalue weighted by atomic mass is 10.5. The van der Waals surface area contributed by atoms with E-state index in [9.17, 15) is 0 Å². The standard InChI is InChI=1S/C6H7N5/c7-4-1-6-10-5(8)3-11(6)9-2-4/h1-3H,7-8H2. The van der Waals surface area contributed by atoms with Gasteiger partial charge in [0.25, 0.3) is 0 Å². The van der Waals surface area contributed by atoms with Crippen LogP contribution >= 0.6 is 0 Å². The summed E-state index contributed by atoms with van der Waals surface area (Å²) in [4.78, 5) is 3.97. The number of hydrogen-bond donors (Lipinski definition) is 2. The number of hydrogen-bond acceptors (Lipinski definition) is 4. The summed E-state index contributed by atoms with van der Waals surface area (Å²) in [5.41, 5.74) is 12.2. The minimum absolute atomic E-state index is 0.447. The fraction of sp³-hybridized carbons (Fsp3) is 0. The van der Waals surface area contributed by atoms with Gasteiger partial charge in [0.1, 0.15) is 5.82 Å². The van der Waals surface area contributed by atoms with E-state index in [2.05, 4.69) is 10.1 Å². The largest absolute Gasteiger partial charge is 0.397 e. The van der Waals surface area contributed by atoms with Gasteiger partial charge in [-0.15, -0.1) is 0 Å². The van der Waals surface area contributed by atoms with E-state index in [4.69, 9.17) is 11.5 Å². The maximum absolute atomic E-state index is 5.48. The van der Waals surface area contributed by atoms with Gasteiger partial charge in [-0.3, -0.25) is 0 Å². The van der Waals surface area contributed by atoms with Gasteiger partial charge in [0, 0.05) is 6.07 Å². The molecule has 2 rings (SSSR count). The summed E-state index contributed by atoms with van der Waals surface area (Å²) in [6, 6.07) is 1.71. The van der Waals surface area contributed by atoms with Crippen LogP contribution in [0.4, 0.5) is 11.5 Å². The molecule has 2 aromatic heterocycles. The summed E-state index contributed by atoms with van der Waals surface area (Å²) in [6.07, 6.45) is 3.18. The Morgan fingerprint density at radius 1 is 1.36 bits per heavy atom. The molecule has 0 aliphatic heterocycles. The number of aromatic nitrogens is 3. The van der Waals surface area contributed by atoms with Gasteiger partial charge in [-0.05, 0) is 0 Å². The Hall–Kier alpha value is -1.78. The molecular weight excluding hydrogens is 142 g/mol. The van der Waals surface area contributed by atoms with Gasteiger partial charge in [0.15, 0.2) is 5.65 Å². The van der Waals surface area contributed by atoms with Crippen molar-refractivity contribution in [3.05, 3.63) is 18.5 Å². The van der Waals surface area contributed by atoms with Crippen molar-refractivity contribution in [3.8, 4) is 0 Å². The zero-order chi connectivity index (χ0) is 7.84. The third kappa shape index (κ3) is 0.861. The quantitative estimate of drug-likeness (QED) is 0.547. The van der Waals surface area contributed by atoms with Crippen LogP contribution in [-0.4, -0.2) is 14.6 Å². The Labute approximate surface area is 62.6 Å². The monoisotopic (exact) mass is 149 g/mol. The Morgan fingerprint density at radius 3 is 3.00 bits per heavy atom. The van der Waals surface area contributed by atoms with Gasteiger partial charge in [-0.25, -0.2) is 9.50 Å². The first kappa shape index (κ1) is 5.96. The molecule has 0 saturated heterocycles. The molecule has 0 aliphatic rings. The van der Waals surface area contributed by atoms with Crippen LogP contribution in [0.15, 0.2) is 18.5 Å². The van der Waals surface area contributed by atoms with Crippen LogP contribution in [-0.2, 0) is 0 Å². The molecular formula is C6H7N5. The molecule has 0 fully saturated rings. The summed E-state index contributed by atoms with van der Waals surface area (Å²) in [5, 5.41) is 3.95. The van der Waals surface area contributed by atoms with E-state index in [0.717, 1.165) is 0 Å². The number of fused-ring (bicyclic) bond motifs is 1. The van der Waals surface area contributed by atoms with Crippen LogP contribution in [0, 0.1) is 0 Å². The van der Waals surface area contributed by atoms with Crippen LogP contribution in [0.1, 0.15) is 0 Å². The molecule has 4 N–H and O–H groups in total. The molecule has 0 unspecified atom stereocenters. The SMILES string of the molecule is Nc1cnn2cc(N)nc2c1. The van der Waals surface area contributed by atoms with Crippen molar-refractivity contribution in [3.63, 3.8) is 0 Å². The molecule has 0 bridgehead atoms. The maximum atomic E-state index is 5.48. The van der Waals surface area contributed by atoms with Crippen molar-refractivity contribution in [1.82, 2.24) is 14.6 Å². The fourth-order valence-corrected chi connectivity index (χ4v) is 0.910. The van der Waals surface area contributed by atoms with Crippen LogP contribution < -0.4 is 11.5 Å². The summed E-state index contributed by atoms with van der Waals surface area (Å²) < 4.78 is 1.58. The third-order valence-corrected chi connectivity index (χ3v) is 1.36. The molecule has 5 heteroatoms. The van der Waals surface area contributed by atoms with Gasteiger partial charge < -0.3 is 11.5 Å². The van der Waals surface area contributed by atoms with Crippen molar-refractivity contribution in [2.45, 2.75) is 0 Å². The predicted molar refractivity (Wildman–Crippen MR) is 41.8 cm³/mol. The highest BCUT2D eigenvalue weighted by atomic mass is 15.3. The topological polar surface area (TPSA) is 82.2 Å². The van der Waals surface area contributed by atoms with Gasteiger partial charge in [0.2, 0.25) is 0 Å². The lowest BCUT2D eigenvalue weighted by molar-refractivity contribution is 0.939. The Balaban J connectivity index is 2.82. The van der Waals surface area contributed by atoms with Gasteiger partial charge in [-0.2, -0.15) is 5.10 Å². The molecule has 0 radical (unpaired) electrons. The van der Waals surface area contributed by atoms with Crippen molar-refractivity contribution in [1.29, 1.82) is 0 Å². The molecule has 0 aromatic carbocycles. The number of nitrogens with two attached hydrogens (primary N) is 2. The van der Waals surface area contributed by atoms with Crippen molar-refractivity contribution < 1.29 is 0 Å². The maximum Gasteiger partial charge on any atom is 0.158 e. The second-order valence-electron chi connectivity index (χ2n) is 2.26. The van der Waals surface area contributed by atoms with Crippen LogP contribution in [0.25, 0.3) is 5.65 Å². The van der Waals surface area contributed by atoms with E-state index in [-0.39, 0.29) is 0 Å². The number of rotatable bonds is 0. The Kier molecular flexibility index (Phi) is 1.00. The van der Waals surface area contributed by atoms with Crippen molar-refractivity contribution in [2.75, 3.05) is 11.5 Å². The molecule has 0 atom stereocenters. The summed E-state index contributed by atoms with van der Waals surface area (Å²) in [5.74, 6) is 0.447. The van der Waals surface area contributed by atoms with E-state index in [1.54, 1.807) is 23.0 Å².